The zero-order valence-electron chi connectivity index (χ0n) is 21.0. The summed E-state index contributed by atoms with van der Waals surface area (Å²) in [5.74, 6) is 0.134. The first-order valence-electron chi connectivity index (χ1n) is 12.2. The van der Waals surface area contributed by atoms with Gasteiger partial charge in [0.2, 0.25) is 0 Å². The van der Waals surface area contributed by atoms with Crippen molar-refractivity contribution in [1.82, 2.24) is 5.32 Å². The van der Waals surface area contributed by atoms with E-state index in [2.05, 4.69) is 69.4 Å². The molecule has 1 amide bonds. The lowest BCUT2D eigenvalue weighted by Crippen LogP contribution is -2.25. The van der Waals surface area contributed by atoms with Gasteiger partial charge < -0.3 is 15.2 Å². The van der Waals surface area contributed by atoms with Gasteiger partial charge in [-0.05, 0) is 91.1 Å². The average molecular weight is 494 g/mol. The maximum Gasteiger partial charge on any atom is 0.305 e. The number of aryl methyl sites for hydroxylation is 4. The maximum absolute atomic E-state index is 12.1. The Balaban J connectivity index is 1.50. The van der Waals surface area contributed by atoms with E-state index < -0.39 is 5.97 Å². The van der Waals surface area contributed by atoms with Crippen molar-refractivity contribution in [1.29, 1.82) is 0 Å². The Morgan fingerprint density at radius 2 is 1.74 bits per heavy atom. The molecule has 0 bridgehead atoms. The van der Waals surface area contributed by atoms with E-state index >= 15 is 0 Å². The number of thiophene rings is 1. The molecule has 1 unspecified atom stereocenters. The number of carbonyl (C=O) groups excluding carboxylic acids is 1. The smallest absolute Gasteiger partial charge is 0.305 e. The molecule has 0 aliphatic rings. The minimum atomic E-state index is -0.920. The van der Waals surface area contributed by atoms with Crippen LogP contribution in [0.2, 0.25) is 0 Å². The number of hydrogen-bond acceptors (Lipinski definition) is 4. The third kappa shape index (κ3) is 7.69. The highest BCUT2D eigenvalue weighted by atomic mass is 32.1. The third-order valence-electron chi connectivity index (χ3n) is 6.08. The SMILES string of the molecule is CCc1ccc(-c2c(C)cc(OCC(C)CCc3ccc(C(=O)NCCC(=O)O)s3)cc2C)cc1. The van der Waals surface area contributed by atoms with Gasteiger partial charge in [0.15, 0.2) is 0 Å². The molecule has 0 aliphatic carbocycles. The summed E-state index contributed by atoms with van der Waals surface area (Å²) in [4.78, 5) is 24.5. The standard InChI is InChI=1S/C29H35NO4S/c1-5-22-7-9-23(10-8-22)28-20(3)16-24(17-21(28)4)34-18-19(2)6-11-25-12-13-26(35-25)29(33)30-15-14-27(31)32/h7-10,12-13,16-17,19H,5-6,11,14-15,18H2,1-4H3,(H,30,33)(H,31,32). The number of amides is 1. The molecule has 35 heavy (non-hydrogen) atoms. The van der Waals surface area contributed by atoms with E-state index in [1.165, 1.54) is 39.2 Å². The highest BCUT2D eigenvalue weighted by Crippen LogP contribution is 2.31. The monoisotopic (exact) mass is 493 g/mol. The zero-order chi connectivity index (χ0) is 25.4. The van der Waals surface area contributed by atoms with Crippen LogP contribution in [-0.2, 0) is 17.6 Å². The van der Waals surface area contributed by atoms with E-state index in [-0.39, 0.29) is 18.9 Å². The number of hydrogen-bond donors (Lipinski definition) is 2. The van der Waals surface area contributed by atoms with Gasteiger partial charge >= 0.3 is 5.97 Å². The van der Waals surface area contributed by atoms with Gasteiger partial charge in [-0.25, -0.2) is 0 Å². The summed E-state index contributed by atoms with van der Waals surface area (Å²) in [5.41, 5.74) is 6.28. The fraction of sp³-hybridized carbons (Fsp3) is 0.379. The second-order valence-corrected chi connectivity index (χ2v) is 10.3. The number of nitrogens with one attached hydrogen (secondary N) is 1. The van der Waals surface area contributed by atoms with Gasteiger partial charge in [-0.1, -0.05) is 38.1 Å². The average Bonchev–Trinajstić information content (AvgIpc) is 3.30. The second-order valence-electron chi connectivity index (χ2n) is 9.10. The van der Waals surface area contributed by atoms with Crippen molar-refractivity contribution in [3.8, 4) is 16.9 Å². The molecule has 2 aromatic carbocycles. The van der Waals surface area contributed by atoms with Gasteiger partial charge in [0.1, 0.15) is 5.75 Å². The Morgan fingerprint density at radius 3 is 2.37 bits per heavy atom. The van der Waals surface area contributed by atoms with E-state index in [4.69, 9.17) is 9.84 Å². The van der Waals surface area contributed by atoms with E-state index in [0.29, 0.717) is 17.4 Å². The van der Waals surface area contributed by atoms with E-state index in [1.807, 2.05) is 6.07 Å². The van der Waals surface area contributed by atoms with Crippen LogP contribution in [0.15, 0.2) is 48.5 Å². The lowest BCUT2D eigenvalue weighted by Gasteiger charge is -2.16. The molecule has 5 nitrogen and oxygen atoms in total. The maximum atomic E-state index is 12.1. The molecular weight excluding hydrogens is 458 g/mol. The Morgan fingerprint density at radius 1 is 1.06 bits per heavy atom. The first-order chi connectivity index (χ1) is 16.8. The number of carboxylic acids is 1. The summed E-state index contributed by atoms with van der Waals surface area (Å²) in [7, 11) is 0. The van der Waals surface area contributed by atoms with Crippen molar-refractivity contribution in [2.75, 3.05) is 13.2 Å². The van der Waals surface area contributed by atoms with Crippen molar-refractivity contribution in [3.05, 3.63) is 75.0 Å². The van der Waals surface area contributed by atoms with Crippen LogP contribution in [0, 0.1) is 19.8 Å². The Labute approximate surface area is 212 Å². The van der Waals surface area contributed by atoms with Gasteiger partial charge in [-0.15, -0.1) is 11.3 Å². The minimum Gasteiger partial charge on any atom is -0.493 e. The van der Waals surface area contributed by atoms with Crippen LogP contribution in [0.25, 0.3) is 11.1 Å². The van der Waals surface area contributed by atoms with Crippen LogP contribution in [0.4, 0.5) is 0 Å². The van der Waals surface area contributed by atoms with Gasteiger partial charge in [0.05, 0.1) is 17.9 Å². The van der Waals surface area contributed by atoms with Crippen molar-refractivity contribution in [2.24, 2.45) is 5.92 Å². The second kappa shape index (κ2) is 12.5. The summed E-state index contributed by atoms with van der Waals surface area (Å²) < 4.78 is 6.14. The molecule has 0 radical (unpaired) electrons. The van der Waals surface area contributed by atoms with Crippen molar-refractivity contribution < 1.29 is 19.4 Å². The molecule has 0 saturated heterocycles. The lowest BCUT2D eigenvalue weighted by atomic mass is 9.94. The number of carbonyl (C=O) groups is 2. The molecule has 186 valence electrons. The number of benzene rings is 2. The van der Waals surface area contributed by atoms with Crippen LogP contribution in [0.1, 0.15) is 57.9 Å². The first-order valence-corrected chi connectivity index (χ1v) is 13.0. The molecule has 0 spiro atoms. The van der Waals surface area contributed by atoms with Crippen molar-refractivity contribution in [2.45, 2.75) is 53.4 Å². The number of ether oxygens (including phenoxy) is 1. The van der Waals surface area contributed by atoms with Crippen molar-refractivity contribution >= 4 is 23.2 Å². The Bertz CT molecular complexity index is 1130. The zero-order valence-corrected chi connectivity index (χ0v) is 21.8. The summed E-state index contributed by atoms with van der Waals surface area (Å²) >= 11 is 1.46. The normalized spacial score (nSPS) is 11.8. The molecule has 1 aromatic heterocycles. The van der Waals surface area contributed by atoms with Crippen molar-refractivity contribution in [3.63, 3.8) is 0 Å². The highest BCUT2D eigenvalue weighted by molar-refractivity contribution is 7.14. The van der Waals surface area contributed by atoms with Crippen LogP contribution >= 0.6 is 11.3 Å². The quantitative estimate of drug-likeness (QED) is 0.304. The van der Waals surface area contributed by atoms with Crippen LogP contribution in [0.5, 0.6) is 5.75 Å². The lowest BCUT2D eigenvalue weighted by molar-refractivity contribution is -0.136. The van der Waals surface area contributed by atoms with E-state index in [0.717, 1.165) is 29.9 Å². The highest BCUT2D eigenvalue weighted by Gasteiger charge is 2.12. The number of carboxylic acid groups (broad SMARTS) is 1. The van der Waals surface area contributed by atoms with Crippen LogP contribution in [0.3, 0.4) is 0 Å². The third-order valence-corrected chi connectivity index (χ3v) is 7.23. The largest absolute Gasteiger partial charge is 0.493 e. The fourth-order valence-electron chi connectivity index (χ4n) is 4.08. The number of rotatable bonds is 12. The number of aliphatic carboxylic acids is 1. The Kier molecular flexibility index (Phi) is 9.49. The molecular formula is C29H35NO4S. The molecule has 2 N–H and O–H groups in total. The topological polar surface area (TPSA) is 75.6 Å². The van der Waals surface area contributed by atoms with Gasteiger partial charge in [-0.2, -0.15) is 0 Å². The molecule has 3 rings (SSSR count). The fourth-order valence-corrected chi connectivity index (χ4v) is 5.02. The molecule has 0 fully saturated rings. The summed E-state index contributed by atoms with van der Waals surface area (Å²) in [6.07, 6.45) is 2.80. The summed E-state index contributed by atoms with van der Waals surface area (Å²) in [6.45, 7) is 9.40. The first kappa shape index (κ1) is 26.5. The summed E-state index contributed by atoms with van der Waals surface area (Å²) in [5, 5.41) is 11.3. The van der Waals surface area contributed by atoms with E-state index in [1.54, 1.807) is 6.07 Å². The predicted molar refractivity (Wildman–Crippen MR) is 143 cm³/mol. The van der Waals surface area contributed by atoms with Crippen LogP contribution < -0.4 is 10.1 Å². The van der Waals surface area contributed by atoms with Gasteiger partial charge in [0.25, 0.3) is 5.91 Å². The molecule has 1 heterocycles. The minimum absolute atomic E-state index is 0.0741. The van der Waals surface area contributed by atoms with Gasteiger partial charge in [0, 0.05) is 11.4 Å². The summed E-state index contributed by atoms with van der Waals surface area (Å²) in [6, 6.07) is 16.8. The van der Waals surface area contributed by atoms with E-state index in [9.17, 15) is 9.59 Å². The Hall–Kier alpha value is -3.12. The molecule has 0 aliphatic heterocycles. The van der Waals surface area contributed by atoms with Gasteiger partial charge in [-0.3, -0.25) is 9.59 Å². The molecule has 1 atom stereocenters. The van der Waals surface area contributed by atoms with Crippen LogP contribution in [-0.4, -0.2) is 30.1 Å². The molecule has 0 saturated carbocycles. The molecule has 3 aromatic rings. The molecule has 6 heteroatoms. The predicted octanol–water partition coefficient (Wildman–Crippen LogP) is 6.45.